The van der Waals surface area contributed by atoms with Gasteiger partial charge in [-0.1, -0.05) is 13.8 Å². The van der Waals surface area contributed by atoms with Crippen molar-refractivity contribution in [1.29, 1.82) is 0 Å². The number of rotatable bonds is 6. The molecule has 0 aromatic heterocycles. The molecule has 0 aromatic rings. The molecule has 1 atom stereocenters. The standard InChI is InChI=1S/C13H28N2O/c1-4-13(3,10-14)11-15-8-6-12(7-9-15)16-5-2/h12H,4-11,14H2,1-3H3. The van der Waals surface area contributed by atoms with Gasteiger partial charge in [0, 0.05) is 26.2 Å². The first-order chi connectivity index (χ1) is 7.63. The Hall–Kier alpha value is -0.120. The molecule has 0 bridgehead atoms. The average molecular weight is 228 g/mol. The second-order valence-electron chi connectivity index (χ2n) is 5.30. The maximum absolute atomic E-state index is 5.86. The Balaban J connectivity index is 2.31. The Kier molecular flexibility index (Phi) is 5.73. The molecule has 0 aliphatic carbocycles. The van der Waals surface area contributed by atoms with Crippen molar-refractivity contribution in [2.75, 3.05) is 32.8 Å². The van der Waals surface area contributed by atoms with Crippen LogP contribution in [0.1, 0.15) is 40.0 Å². The van der Waals surface area contributed by atoms with Crippen LogP contribution >= 0.6 is 0 Å². The van der Waals surface area contributed by atoms with Crippen LogP contribution in [-0.4, -0.2) is 43.8 Å². The highest BCUT2D eigenvalue weighted by Gasteiger charge is 2.26. The first-order valence-corrected chi connectivity index (χ1v) is 6.67. The number of nitrogens with zero attached hydrogens (tertiary/aromatic N) is 1. The third-order valence-corrected chi connectivity index (χ3v) is 3.89. The molecule has 16 heavy (non-hydrogen) atoms. The summed E-state index contributed by atoms with van der Waals surface area (Å²) in [5, 5.41) is 0. The summed E-state index contributed by atoms with van der Waals surface area (Å²) in [5.74, 6) is 0. The van der Waals surface area contributed by atoms with Crippen molar-refractivity contribution in [2.45, 2.75) is 46.1 Å². The number of likely N-dealkylation sites (tertiary alicyclic amines) is 1. The van der Waals surface area contributed by atoms with E-state index in [2.05, 4.69) is 25.7 Å². The summed E-state index contributed by atoms with van der Waals surface area (Å²) in [6, 6.07) is 0. The monoisotopic (exact) mass is 228 g/mol. The summed E-state index contributed by atoms with van der Waals surface area (Å²) in [6.45, 7) is 11.7. The van der Waals surface area contributed by atoms with Gasteiger partial charge in [0.2, 0.25) is 0 Å². The van der Waals surface area contributed by atoms with Gasteiger partial charge in [-0.3, -0.25) is 0 Å². The van der Waals surface area contributed by atoms with Crippen LogP contribution in [0.2, 0.25) is 0 Å². The molecule has 1 fully saturated rings. The molecule has 1 unspecified atom stereocenters. The van der Waals surface area contributed by atoms with Gasteiger partial charge < -0.3 is 15.4 Å². The van der Waals surface area contributed by atoms with Crippen LogP contribution < -0.4 is 5.73 Å². The quantitative estimate of drug-likeness (QED) is 0.754. The Morgan fingerprint density at radius 1 is 1.31 bits per heavy atom. The maximum Gasteiger partial charge on any atom is 0.0599 e. The van der Waals surface area contributed by atoms with Crippen molar-refractivity contribution in [3.63, 3.8) is 0 Å². The van der Waals surface area contributed by atoms with Gasteiger partial charge in [0.15, 0.2) is 0 Å². The zero-order valence-electron chi connectivity index (χ0n) is 11.2. The van der Waals surface area contributed by atoms with E-state index in [0.717, 1.165) is 26.1 Å². The van der Waals surface area contributed by atoms with Gasteiger partial charge in [0.05, 0.1) is 6.10 Å². The Labute approximate surface area is 100 Å². The lowest BCUT2D eigenvalue weighted by Crippen LogP contribution is -2.45. The maximum atomic E-state index is 5.86. The molecule has 0 spiro atoms. The molecule has 0 radical (unpaired) electrons. The third-order valence-electron chi connectivity index (χ3n) is 3.89. The van der Waals surface area contributed by atoms with Crippen molar-refractivity contribution in [3.05, 3.63) is 0 Å². The van der Waals surface area contributed by atoms with E-state index in [1.54, 1.807) is 0 Å². The van der Waals surface area contributed by atoms with E-state index in [9.17, 15) is 0 Å². The molecular weight excluding hydrogens is 200 g/mol. The van der Waals surface area contributed by atoms with Crippen LogP contribution in [0.25, 0.3) is 0 Å². The average Bonchev–Trinajstić information content (AvgIpc) is 2.32. The zero-order valence-corrected chi connectivity index (χ0v) is 11.2. The van der Waals surface area contributed by atoms with Gasteiger partial charge in [-0.15, -0.1) is 0 Å². The molecule has 1 heterocycles. The van der Waals surface area contributed by atoms with E-state index in [4.69, 9.17) is 10.5 Å². The molecule has 96 valence electrons. The van der Waals surface area contributed by atoms with E-state index in [1.807, 2.05) is 0 Å². The van der Waals surface area contributed by atoms with E-state index in [-0.39, 0.29) is 0 Å². The molecule has 3 nitrogen and oxygen atoms in total. The second-order valence-corrected chi connectivity index (χ2v) is 5.30. The minimum absolute atomic E-state index is 0.290. The molecule has 1 aliphatic heterocycles. The molecule has 0 aromatic carbocycles. The molecule has 0 amide bonds. The highest BCUT2D eigenvalue weighted by molar-refractivity contribution is 4.81. The van der Waals surface area contributed by atoms with E-state index >= 15 is 0 Å². The molecule has 2 N–H and O–H groups in total. The first-order valence-electron chi connectivity index (χ1n) is 6.67. The largest absolute Gasteiger partial charge is 0.378 e. The molecule has 1 saturated heterocycles. The van der Waals surface area contributed by atoms with Gasteiger partial charge in [0.25, 0.3) is 0 Å². The predicted molar refractivity (Wildman–Crippen MR) is 68.5 cm³/mol. The molecule has 1 rings (SSSR count). The van der Waals surface area contributed by atoms with Gasteiger partial charge in [0.1, 0.15) is 0 Å². The number of hydrogen-bond donors (Lipinski definition) is 1. The lowest BCUT2D eigenvalue weighted by atomic mass is 9.86. The summed E-state index contributed by atoms with van der Waals surface area (Å²) in [7, 11) is 0. The minimum Gasteiger partial charge on any atom is -0.378 e. The molecule has 3 heteroatoms. The number of ether oxygens (including phenoxy) is 1. The second kappa shape index (κ2) is 6.58. The predicted octanol–water partition coefficient (Wildman–Crippen LogP) is 1.86. The topological polar surface area (TPSA) is 38.5 Å². The Morgan fingerprint density at radius 3 is 2.38 bits per heavy atom. The van der Waals surface area contributed by atoms with E-state index in [1.165, 1.54) is 25.9 Å². The van der Waals surface area contributed by atoms with Gasteiger partial charge >= 0.3 is 0 Å². The van der Waals surface area contributed by atoms with Gasteiger partial charge in [-0.05, 0) is 38.1 Å². The fourth-order valence-corrected chi connectivity index (χ4v) is 2.33. The highest BCUT2D eigenvalue weighted by Crippen LogP contribution is 2.23. The fourth-order valence-electron chi connectivity index (χ4n) is 2.33. The van der Waals surface area contributed by atoms with Crippen LogP contribution in [0.3, 0.4) is 0 Å². The van der Waals surface area contributed by atoms with Crippen molar-refractivity contribution in [1.82, 2.24) is 4.90 Å². The molecule has 1 aliphatic rings. The molecule has 0 saturated carbocycles. The van der Waals surface area contributed by atoms with Crippen LogP contribution in [0.5, 0.6) is 0 Å². The SMILES string of the molecule is CCOC1CCN(CC(C)(CC)CN)CC1. The third kappa shape index (κ3) is 4.04. The van der Waals surface area contributed by atoms with E-state index < -0.39 is 0 Å². The number of piperidine rings is 1. The normalized spacial score (nSPS) is 23.2. The lowest BCUT2D eigenvalue weighted by Gasteiger charge is -2.38. The number of hydrogen-bond acceptors (Lipinski definition) is 3. The Bertz CT molecular complexity index is 184. The summed E-state index contributed by atoms with van der Waals surface area (Å²) >= 11 is 0. The van der Waals surface area contributed by atoms with Crippen molar-refractivity contribution in [2.24, 2.45) is 11.1 Å². The summed E-state index contributed by atoms with van der Waals surface area (Å²) < 4.78 is 5.66. The smallest absolute Gasteiger partial charge is 0.0599 e. The van der Waals surface area contributed by atoms with Crippen LogP contribution in [0.15, 0.2) is 0 Å². The van der Waals surface area contributed by atoms with Gasteiger partial charge in [-0.2, -0.15) is 0 Å². The van der Waals surface area contributed by atoms with Crippen molar-refractivity contribution >= 4 is 0 Å². The van der Waals surface area contributed by atoms with Crippen LogP contribution in [0.4, 0.5) is 0 Å². The van der Waals surface area contributed by atoms with E-state index in [0.29, 0.717) is 11.5 Å². The zero-order chi connectivity index (χ0) is 12.0. The first kappa shape index (κ1) is 13.9. The van der Waals surface area contributed by atoms with Crippen molar-refractivity contribution < 1.29 is 4.74 Å². The van der Waals surface area contributed by atoms with Gasteiger partial charge in [-0.25, -0.2) is 0 Å². The minimum atomic E-state index is 0.290. The van der Waals surface area contributed by atoms with Crippen LogP contribution in [0, 0.1) is 5.41 Å². The van der Waals surface area contributed by atoms with Crippen molar-refractivity contribution in [3.8, 4) is 0 Å². The number of nitrogens with two attached hydrogens (primary N) is 1. The lowest BCUT2D eigenvalue weighted by molar-refractivity contribution is 0.00555. The summed E-state index contributed by atoms with van der Waals surface area (Å²) in [4.78, 5) is 2.55. The summed E-state index contributed by atoms with van der Waals surface area (Å²) in [6.07, 6.45) is 4.01. The molecular formula is C13H28N2O. The summed E-state index contributed by atoms with van der Waals surface area (Å²) in [5.41, 5.74) is 6.15. The highest BCUT2D eigenvalue weighted by atomic mass is 16.5. The Morgan fingerprint density at radius 2 is 1.94 bits per heavy atom. The van der Waals surface area contributed by atoms with Crippen LogP contribution in [-0.2, 0) is 4.74 Å². The fraction of sp³-hybridized carbons (Fsp3) is 1.00.